The molecule has 1 aliphatic carbocycles. The van der Waals surface area contributed by atoms with Crippen molar-refractivity contribution in [2.75, 3.05) is 39.3 Å². The lowest BCUT2D eigenvalue weighted by Crippen LogP contribution is -2.58. The second-order valence-corrected chi connectivity index (χ2v) is 10.9. The van der Waals surface area contributed by atoms with E-state index >= 15 is 0 Å². The summed E-state index contributed by atoms with van der Waals surface area (Å²) in [6.45, 7) is 2.81. The molecule has 12 heteroatoms. The van der Waals surface area contributed by atoms with E-state index in [0.29, 0.717) is 52.1 Å². The molecule has 1 saturated carbocycles. The number of alkyl halides is 3. The summed E-state index contributed by atoms with van der Waals surface area (Å²) < 4.78 is 41.4. The van der Waals surface area contributed by atoms with Crippen LogP contribution in [0.2, 0.25) is 5.02 Å². The molecule has 3 heterocycles. The van der Waals surface area contributed by atoms with Gasteiger partial charge in [0.15, 0.2) is 0 Å². The van der Waals surface area contributed by atoms with Crippen molar-refractivity contribution in [2.45, 2.75) is 37.8 Å². The van der Waals surface area contributed by atoms with Gasteiger partial charge in [0.1, 0.15) is 5.41 Å². The largest absolute Gasteiger partial charge is 0.417 e. The molecule has 4 aliphatic rings. The molecule has 3 N–H and O–H groups in total. The van der Waals surface area contributed by atoms with Gasteiger partial charge in [-0.1, -0.05) is 17.7 Å². The molecule has 3 fully saturated rings. The van der Waals surface area contributed by atoms with Gasteiger partial charge in [-0.25, -0.2) is 4.90 Å². The van der Waals surface area contributed by atoms with Crippen LogP contribution in [0, 0.1) is 33.5 Å². The van der Waals surface area contributed by atoms with Crippen molar-refractivity contribution in [3.05, 3.63) is 50.9 Å². The fourth-order valence-electron chi connectivity index (χ4n) is 5.79. The zero-order valence-electron chi connectivity index (χ0n) is 20.2. The van der Waals surface area contributed by atoms with Gasteiger partial charge in [-0.3, -0.25) is 10.1 Å². The molecular weight excluding hydrogens is 509 g/mol. The van der Waals surface area contributed by atoms with Crippen LogP contribution < -0.4 is 11.1 Å². The molecule has 198 valence electrons. The number of hydrogen-bond acceptors (Lipinski definition) is 6. The minimum Gasteiger partial charge on any atom is -0.334 e. The van der Waals surface area contributed by atoms with E-state index in [0.717, 1.165) is 22.8 Å². The Kier molecular flexibility index (Phi) is 6.81. The third kappa shape index (κ3) is 4.76. The molecule has 2 saturated heterocycles. The Hall–Kier alpha value is -2.52. The average Bonchev–Trinajstić information content (AvgIpc) is 3.27. The number of amides is 1. The van der Waals surface area contributed by atoms with Crippen molar-refractivity contribution < 1.29 is 22.7 Å². The fourth-order valence-corrected chi connectivity index (χ4v) is 6.02. The Morgan fingerprint density at radius 3 is 2.73 bits per heavy atom. The molecule has 0 spiro atoms. The normalized spacial score (nSPS) is 29.8. The second-order valence-electron chi connectivity index (χ2n) is 10.5. The lowest BCUT2D eigenvalue weighted by atomic mass is 9.91. The van der Waals surface area contributed by atoms with Crippen LogP contribution in [-0.4, -0.2) is 65.9 Å². The van der Waals surface area contributed by atoms with Crippen molar-refractivity contribution in [1.29, 1.82) is 5.26 Å². The van der Waals surface area contributed by atoms with E-state index in [-0.39, 0.29) is 23.3 Å². The van der Waals surface area contributed by atoms with Gasteiger partial charge in [0.25, 0.3) is 12.3 Å². The lowest BCUT2D eigenvalue weighted by molar-refractivity contribution is -0.668. The van der Waals surface area contributed by atoms with Gasteiger partial charge >= 0.3 is 6.18 Å². The molecule has 1 aromatic carbocycles. The summed E-state index contributed by atoms with van der Waals surface area (Å²) in [5, 5.41) is 12.1. The quantitative estimate of drug-likeness (QED) is 0.442. The van der Waals surface area contributed by atoms with Crippen LogP contribution in [0.5, 0.6) is 0 Å². The predicted octanol–water partition coefficient (Wildman–Crippen LogP) is 3.03. The van der Waals surface area contributed by atoms with E-state index in [4.69, 9.17) is 17.3 Å². The summed E-state index contributed by atoms with van der Waals surface area (Å²) in [4.78, 5) is 30.5. The highest BCUT2D eigenvalue weighted by Gasteiger charge is 2.55. The standard InChI is InChI=1S/C25H29ClF3N6O2/c26-20-2-1-16(9-19(20)25(27,28)29)21-32-11-18(22(35(21)37)33-7-3-15(10-30)12-33)17-4-8-34(13-17)23(36)24(14-31)5-6-24/h1-2,4,9,15,18,21-22,32H,3,5-8,10-13,30H2/q+1. The maximum atomic E-state index is 13.9. The van der Waals surface area contributed by atoms with Crippen LogP contribution in [0.3, 0.4) is 0 Å². The summed E-state index contributed by atoms with van der Waals surface area (Å²) in [6.07, 6.45) is -2.38. The van der Waals surface area contributed by atoms with Crippen LogP contribution in [0.15, 0.2) is 29.8 Å². The molecular formula is C25H29ClF3N6O2+. The number of carbonyl (C=O) groups is 1. The topological polar surface area (TPSA) is 105 Å². The summed E-state index contributed by atoms with van der Waals surface area (Å²) in [5.41, 5.74) is 5.09. The number of nitrogens with two attached hydrogens (primary N) is 1. The molecule has 0 radical (unpaired) electrons. The number of nitrogens with zero attached hydrogens (tertiary/aromatic N) is 4. The first-order chi connectivity index (χ1) is 17.6. The first-order valence-corrected chi connectivity index (χ1v) is 12.8. The number of rotatable bonds is 5. The number of nitroso groups, excluding NO2 is 1. The highest BCUT2D eigenvalue weighted by Crippen LogP contribution is 2.47. The first-order valence-electron chi connectivity index (χ1n) is 12.5. The maximum Gasteiger partial charge on any atom is 0.417 e. The third-order valence-electron chi connectivity index (χ3n) is 8.13. The molecule has 5 rings (SSSR count). The summed E-state index contributed by atoms with van der Waals surface area (Å²) in [6, 6.07) is 5.69. The molecule has 37 heavy (non-hydrogen) atoms. The molecule has 0 aromatic heterocycles. The van der Waals surface area contributed by atoms with Crippen molar-refractivity contribution in [3.63, 3.8) is 0 Å². The Labute approximate surface area is 217 Å². The predicted molar refractivity (Wildman–Crippen MR) is 129 cm³/mol. The number of benzene rings is 1. The Bertz CT molecular complexity index is 1180. The Morgan fingerprint density at radius 1 is 1.35 bits per heavy atom. The molecule has 8 nitrogen and oxygen atoms in total. The SMILES string of the molecule is N#CC1(C(=O)N2CC=C(C3CNC(c4ccc(Cl)c(C(F)(F)F)c4)[N+](=O)C3N3CCC(CN)C3)C2)CC1. The number of hydrogen-bond donors (Lipinski definition) is 2. The molecule has 0 bridgehead atoms. The van der Waals surface area contributed by atoms with Crippen molar-refractivity contribution in [2.24, 2.45) is 23.0 Å². The molecule has 1 amide bonds. The van der Waals surface area contributed by atoms with Gasteiger partial charge in [-0.15, -0.1) is 0 Å². The molecule has 3 aliphatic heterocycles. The van der Waals surface area contributed by atoms with Gasteiger partial charge < -0.3 is 10.6 Å². The van der Waals surface area contributed by atoms with E-state index in [1.54, 1.807) is 4.90 Å². The van der Waals surface area contributed by atoms with E-state index < -0.39 is 34.5 Å². The van der Waals surface area contributed by atoms with Gasteiger partial charge in [0.05, 0.1) is 22.6 Å². The Balaban J connectivity index is 1.41. The van der Waals surface area contributed by atoms with Crippen LogP contribution in [0.25, 0.3) is 0 Å². The average molecular weight is 538 g/mol. The third-order valence-corrected chi connectivity index (χ3v) is 8.46. The number of carbonyl (C=O) groups excluding carboxylic acids is 1. The summed E-state index contributed by atoms with van der Waals surface area (Å²) in [5.74, 6) is -0.228. The van der Waals surface area contributed by atoms with Crippen molar-refractivity contribution in [1.82, 2.24) is 15.1 Å². The van der Waals surface area contributed by atoms with Crippen LogP contribution in [-0.2, 0) is 11.0 Å². The monoisotopic (exact) mass is 537 g/mol. The zero-order chi connectivity index (χ0) is 26.5. The van der Waals surface area contributed by atoms with E-state index in [1.165, 1.54) is 12.1 Å². The lowest BCUT2D eigenvalue weighted by Gasteiger charge is -2.35. The van der Waals surface area contributed by atoms with Gasteiger partial charge in [-0.2, -0.15) is 18.4 Å². The number of nitriles is 1. The molecule has 4 atom stereocenters. The van der Waals surface area contributed by atoms with E-state index in [9.17, 15) is 28.1 Å². The van der Waals surface area contributed by atoms with Crippen LogP contribution >= 0.6 is 11.6 Å². The van der Waals surface area contributed by atoms with Crippen LogP contribution in [0.1, 0.15) is 36.6 Å². The minimum atomic E-state index is -4.65. The van der Waals surface area contributed by atoms with Crippen molar-refractivity contribution in [3.8, 4) is 6.07 Å². The fraction of sp³-hybridized carbons (Fsp3) is 0.600. The first kappa shape index (κ1) is 26.1. The highest BCUT2D eigenvalue weighted by atomic mass is 35.5. The number of nitrogens with one attached hydrogen (secondary N) is 1. The van der Waals surface area contributed by atoms with Crippen molar-refractivity contribution >= 4 is 17.5 Å². The van der Waals surface area contributed by atoms with Gasteiger partial charge in [-0.05, 0) is 55.5 Å². The number of likely N-dealkylation sites (tertiary alicyclic amines) is 1. The zero-order valence-corrected chi connectivity index (χ0v) is 20.9. The van der Waals surface area contributed by atoms with E-state index in [1.807, 2.05) is 6.08 Å². The summed E-state index contributed by atoms with van der Waals surface area (Å²) in [7, 11) is 0. The van der Waals surface area contributed by atoms with E-state index in [2.05, 4.69) is 16.3 Å². The summed E-state index contributed by atoms with van der Waals surface area (Å²) >= 11 is 5.80. The van der Waals surface area contributed by atoms with Gasteiger partial charge in [0, 0.05) is 48.0 Å². The Morgan fingerprint density at radius 2 is 2.11 bits per heavy atom. The second kappa shape index (κ2) is 9.66. The minimum absolute atomic E-state index is 0.177. The van der Waals surface area contributed by atoms with Gasteiger partial charge in [0.2, 0.25) is 5.91 Å². The molecule has 4 unspecified atom stereocenters. The maximum absolute atomic E-state index is 13.9. The molecule has 1 aromatic rings. The van der Waals surface area contributed by atoms with Crippen LogP contribution in [0.4, 0.5) is 13.2 Å². The number of halogens is 4. The smallest absolute Gasteiger partial charge is 0.334 e. The highest BCUT2D eigenvalue weighted by molar-refractivity contribution is 6.31.